The molecular weight excluding hydrogens is 242 g/mol. The second-order valence-corrected chi connectivity index (χ2v) is 5.01. The minimum Gasteiger partial charge on any atom is -0.396 e. The molecule has 0 spiro atoms. The lowest BCUT2D eigenvalue weighted by Crippen LogP contribution is -1.83. The summed E-state index contributed by atoms with van der Waals surface area (Å²) in [4.78, 5) is 1.08. The molecule has 80 valence electrons. The SMILES string of the molecule is Nc1cn[nH]c1-c1cc2cc(Cl)ccc2s1. The third kappa shape index (κ3) is 1.47. The van der Waals surface area contributed by atoms with Gasteiger partial charge in [0.2, 0.25) is 0 Å². The summed E-state index contributed by atoms with van der Waals surface area (Å²) in [5.41, 5.74) is 7.35. The number of nitrogens with two attached hydrogens (primary N) is 1. The fourth-order valence-electron chi connectivity index (χ4n) is 1.63. The van der Waals surface area contributed by atoms with E-state index in [0.29, 0.717) is 5.69 Å². The van der Waals surface area contributed by atoms with Crippen molar-refractivity contribution in [2.24, 2.45) is 0 Å². The first-order chi connectivity index (χ1) is 7.74. The zero-order chi connectivity index (χ0) is 11.1. The van der Waals surface area contributed by atoms with Crippen LogP contribution in [0, 0.1) is 0 Å². The van der Waals surface area contributed by atoms with Gasteiger partial charge in [0, 0.05) is 9.72 Å². The van der Waals surface area contributed by atoms with Crippen LogP contribution < -0.4 is 5.73 Å². The molecule has 0 fully saturated rings. The minimum absolute atomic E-state index is 0.664. The van der Waals surface area contributed by atoms with Crippen LogP contribution in [0.25, 0.3) is 20.7 Å². The Morgan fingerprint density at radius 2 is 2.19 bits per heavy atom. The van der Waals surface area contributed by atoms with E-state index in [4.69, 9.17) is 17.3 Å². The van der Waals surface area contributed by atoms with Crippen LogP contribution in [0.4, 0.5) is 5.69 Å². The number of hydrogen-bond donors (Lipinski definition) is 2. The maximum Gasteiger partial charge on any atom is 0.0980 e. The molecule has 0 atom stereocenters. The number of benzene rings is 1. The molecule has 1 aromatic carbocycles. The molecule has 0 amide bonds. The summed E-state index contributed by atoms with van der Waals surface area (Å²) in [5, 5.41) is 8.69. The van der Waals surface area contributed by atoms with Crippen LogP contribution >= 0.6 is 22.9 Å². The Bertz CT molecular complexity index is 656. The molecule has 2 heterocycles. The molecular formula is C11H8ClN3S. The summed E-state index contributed by atoms with van der Waals surface area (Å²) >= 11 is 7.61. The summed E-state index contributed by atoms with van der Waals surface area (Å²) in [5.74, 6) is 0. The molecule has 16 heavy (non-hydrogen) atoms. The molecule has 0 aliphatic carbocycles. The number of aromatic nitrogens is 2. The highest BCUT2D eigenvalue weighted by Gasteiger charge is 2.08. The van der Waals surface area contributed by atoms with E-state index in [-0.39, 0.29) is 0 Å². The number of nitrogens with zero attached hydrogens (tertiary/aromatic N) is 1. The van der Waals surface area contributed by atoms with Crippen molar-refractivity contribution >= 4 is 38.7 Å². The first kappa shape index (κ1) is 9.69. The molecule has 0 saturated heterocycles. The Labute approximate surface area is 101 Å². The Morgan fingerprint density at radius 3 is 2.94 bits per heavy atom. The molecule has 0 saturated carbocycles. The topological polar surface area (TPSA) is 54.7 Å². The van der Waals surface area contributed by atoms with Gasteiger partial charge in [0.05, 0.1) is 22.5 Å². The average Bonchev–Trinajstić information content (AvgIpc) is 2.82. The summed E-state index contributed by atoms with van der Waals surface area (Å²) < 4.78 is 1.19. The van der Waals surface area contributed by atoms with Crippen molar-refractivity contribution in [2.45, 2.75) is 0 Å². The fourth-order valence-corrected chi connectivity index (χ4v) is 2.87. The molecule has 3 rings (SSSR count). The van der Waals surface area contributed by atoms with Crippen molar-refractivity contribution in [3.05, 3.63) is 35.5 Å². The Kier molecular flexibility index (Phi) is 2.12. The molecule has 0 radical (unpaired) electrons. The van der Waals surface area contributed by atoms with E-state index < -0.39 is 0 Å². The van der Waals surface area contributed by atoms with E-state index in [0.717, 1.165) is 21.0 Å². The van der Waals surface area contributed by atoms with Gasteiger partial charge in [-0.15, -0.1) is 11.3 Å². The van der Waals surface area contributed by atoms with E-state index in [9.17, 15) is 0 Å². The van der Waals surface area contributed by atoms with Crippen LogP contribution in [0.15, 0.2) is 30.5 Å². The van der Waals surface area contributed by atoms with Crippen molar-refractivity contribution < 1.29 is 0 Å². The Hall–Kier alpha value is -1.52. The van der Waals surface area contributed by atoms with Crippen LogP contribution in [-0.2, 0) is 0 Å². The Morgan fingerprint density at radius 1 is 1.31 bits per heavy atom. The van der Waals surface area contributed by atoms with Crippen molar-refractivity contribution in [1.29, 1.82) is 0 Å². The third-order valence-corrected chi connectivity index (χ3v) is 3.76. The zero-order valence-electron chi connectivity index (χ0n) is 8.20. The number of H-pyrrole nitrogens is 1. The lowest BCUT2D eigenvalue weighted by atomic mass is 10.2. The summed E-state index contributed by atoms with van der Waals surface area (Å²) in [7, 11) is 0. The monoisotopic (exact) mass is 249 g/mol. The van der Waals surface area contributed by atoms with Crippen molar-refractivity contribution in [1.82, 2.24) is 10.2 Å². The number of fused-ring (bicyclic) bond motifs is 1. The predicted molar refractivity (Wildman–Crippen MR) is 68.8 cm³/mol. The van der Waals surface area contributed by atoms with Gasteiger partial charge in [-0.1, -0.05) is 11.6 Å². The lowest BCUT2D eigenvalue weighted by Gasteiger charge is -1.91. The van der Waals surface area contributed by atoms with Gasteiger partial charge >= 0.3 is 0 Å². The van der Waals surface area contributed by atoms with Crippen molar-refractivity contribution in [3.63, 3.8) is 0 Å². The van der Waals surface area contributed by atoms with Gasteiger partial charge in [-0.3, -0.25) is 5.10 Å². The molecule has 3 nitrogen and oxygen atoms in total. The van der Waals surface area contributed by atoms with Crippen LogP contribution in [0.5, 0.6) is 0 Å². The molecule has 2 aromatic heterocycles. The number of thiophene rings is 1. The molecule has 3 aromatic rings. The highest BCUT2D eigenvalue weighted by molar-refractivity contribution is 7.22. The fraction of sp³-hybridized carbons (Fsp3) is 0. The Balaban J connectivity index is 2.23. The largest absolute Gasteiger partial charge is 0.396 e. The van der Waals surface area contributed by atoms with Gasteiger partial charge in [0.1, 0.15) is 0 Å². The molecule has 0 bridgehead atoms. The number of hydrogen-bond acceptors (Lipinski definition) is 3. The number of nitrogens with one attached hydrogen (secondary N) is 1. The molecule has 0 unspecified atom stereocenters. The molecule has 0 aliphatic heterocycles. The van der Waals surface area contributed by atoms with E-state index >= 15 is 0 Å². The van der Waals surface area contributed by atoms with Gasteiger partial charge in [-0.25, -0.2) is 0 Å². The van der Waals surface area contributed by atoms with Crippen LogP contribution in [0.2, 0.25) is 5.02 Å². The van der Waals surface area contributed by atoms with Gasteiger partial charge in [-0.05, 0) is 29.7 Å². The van der Waals surface area contributed by atoms with Gasteiger partial charge in [-0.2, -0.15) is 5.10 Å². The highest BCUT2D eigenvalue weighted by Crippen LogP contribution is 2.35. The average molecular weight is 250 g/mol. The predicted octanol–water partition coefficient (Wildman–Crippen LogP) is 3.53. The maximum atomic E-state index is 5.94. The summed E-state index contributed by atoms with van der Waals surface area (Å²) in [6.07, 6.45) is 1.62. The maximum absolute atomic E-state index is 5.94. The van der Waals surface area contributed by atoms with E-state index in [1.54, 1.807) is 17.5 Å². The van der Waals surface area contributed by atoms with Gasteiger partial charge in [0.15, 0.2) is 0 Å². The quantitative estimate of drug-likeness (QED) is 0.693. The second kappa shape index (κ2) is 3.50. The lowest BCUT2D eigenvalue weighted by molar-refractivity contribution is 1.10. The van der Waals surface area contributed by atoms with Gasteiger partial charge in [0.25, 0.3) is 0 Å². The molecule has 5 heteroatoms. The van der Waals surface area contributed by atoms with E-state index in [2.05, 4.69) is 16.3 Å². The third-order valence-electron chi connectivity index (χ3n) is 2.39. The standard InChI is InChI=1S/C11H8ClN3S/c12-7-1-2-9-6(3-7)4-10(16-9)11-8(13)5-14-15-11/h1-5H,13H2,(H,14,15). The number of aromatic amines is 1. The number of anilines is 1. The number of nitrogen functional groups attached to an aromatic ring is 1. The van der Waals surface area contributed by atoms with E-state index in [1.807, 2.05) is 18.2 Å². The number of rotatable bonds is 1. The van der Waals surface area contributed by atoms with Gasteiger partial charge < -0.3 is 5.73 Å². The summed E-state index contributed by atoms with van der Waals surface area (Å²) in [6, 6.07) is 7.91. The normalized spacial score (nSPS) is 11.1. The van der Waals surface area contributed by atoms with Crippen molar-refractivity contribution in [3.8, 4) is 10.6 Å². The number of halogens is 1. The highest BCUT2D eigenvalue weighted by atomic mass is 35.5. The first-order valence-electron chi connectivity index (χ1n) is 4.72. The van der Waals surface area contributed by atoms with Crippen LogP contribution in [0.3, 0.4) is 0 Å². The van der Waals surface area contributed by atoms with Crippen LogP contribution in [0.1, 0.15) is 0 Å². The molecule has 0 aliphatic rings. The van der Waals surface area contributed by atoms with Crippen LogP contribution in [-0.4, -0.2) is 10.2 Å². The minimum atomic E-state index is 0.664. The molecule has 3 N–H and O–H groups in total. The van der Waals surface area contributed by atoms with Crippen molar-refractivity contribution in [2.75, 3.05) is 5.73 Å². The van der Waals surface area contributed by atoms with E-state index in [1.165, 1.54) is 4.70 Å². The first-order valence-corrected chi connectivity index (χ1v) is 5.92. The second-order valence-electron chi connectivity index (χ2n) is 3.49. The summed E-state index contributed by atoms with van der Waals surface area (Å²) in [6.45, 7) is 0. The smallest absolute Gasteiger partial charge is 0.0980 e. The zero-order valence-corrected chi connectivity index (χ0v) is 9.77.